The van der Waals surface area contributed by atoms with Crippen LogP contribution in [0.25, 0.3) is 6.08 Å². The minimum Gasteiger partial charge on any atom is -0.479 e. The van der Waals surface area contributed by atoms with E-state index in [0.717, 1.165) is 16.1 Å². The van der Waals surface area contributed by atoms with E-state index in [4.69, 9.17) is 10.00 Å². The van der Waals surface area contributed by atoms with Gasteiger partial charge >= 0.3 is 0 Å². The van der Waals surface area contributed by atoms with Gasteiger partial charge in [-0.05, 0) is 35.9 Å². The molecular weight excluding hydrogens is 296 g/mol. The zero-order valence-corrected chi connectivity index (χ0v) is 12.4. The molecule has 1 N–H and O–H groups in total. The molecule has 0 saturated carbocycles. The van der Waals surface area contributed by atoms with Crippen LogP contribution in [-0.2, 0) is 4.79 Å². The molecule has 3 rings (SSSR count). The van der Waals surface area contributed by atoms with Gasteiger partial charge in [0.2, 0.25) is 0 Å². The number of thioether (sulfide) groups is 1. The molecule has 1 heterocycles. The molecule has 2 aromatic rings. The smallest absolute Gasteiger partial charge is 0.262 e. The molecule has 1 aliphatic rings. The maximum atomic E-state index is 12.1. The summed E-state index contributed by atoms with van der Waals surface area (Å²) in [6.45, 7) is 0.00262. The number of hydrogen-bond acceptors (Lipinski definition) is 4. The molecule has 0 atom stereocenters. The van der Waals surface area contributed by atoms with Crippen LogP contribution < -0.4 is 10.1 Å². The average Bonchev–Trinajstić information content (AvgIpc) is 2.54. The summed E-state index contributed by atoms with van der Waals surface area (Å²) in [4.78, 5) is 13.8. The van der Waals surface area contributed by atoms with Crippen LogP contribution in [0.1, 0.15) is 5.56 Å². The number of carbonyl (C=O) groups is 1. The van der Waals surface area contributed by atoms with Crippen LogP contribution in [0.5, 0.6) is 5.75 Å². The van der Waals surface area contributed by atoms with E-state index < -0.39 is 0 Å². The first-order valence-corrected chi connectivity index (χ1v) is 7.47. The zero-order chi connectivity index (χ0) is 15.4. The Morgan fingerprint density at radius 3 is 2.95 bits per heavy atom. The van der Waals surface area contributed by atoms with Crippen molar-refractivity contribution in [1.29, 1.82) is 5.26 Å². The second kappa shape index (κ2) is 6.37. The van der Waals surface area contributed by atoms with E-state index >= 15 is 0 Å². The van der Waals surface area contributed by atoms with Crippen molar-refractivity contribution in [1.82, 2.24) is 0 Å². The number of carbonyl (C=O) groups excluding carboxylic acids is 1. The summed E-state index contributed by atoms with van der Waals surface area (Å²) in [5.74, 6) is 0.490. The lowest BCUT2D eigenvalue weighted by Crippen LogP contribution is -2.17. The topological polar surface area (TPSA) is 62.1 Å². The van der Waals surface area contributed by atoms with Crippen molar-refractivity contribution in [3.05, 3.63) is 59.0 Å². The van der Waals surface area contributed by atoms with Crippen molar-refractivity contribution in [3.8, 4) is 11.8 Å². The van der Waals surface area contributed by atoms with E-state index in [1.54, 1.807) is 12.1 Å². The Kier molecular flexibility index (Phi) is 4.12. The number of nitriles is 1. The summed E-state index contributed by atoms with van der Waals surface area (Å²) in [7, 11) is 0. The number of amides is 1. The molecule has 22 heavy (non-hydrogen) atoms. The number of ether oxygens (including phenoxy) is 1. The minimum atomic E-state index is -0.118. The van der Waals surface area contributed by atoms with Gasteiger partial charge in [-0.3, -0.25) is 4.79 Å². The lowest BCUT2D eigenvalue weighted by Gasteiger charge is -2.18. The van der Waals surface area contributed by atoms with E-state index in [1.165, 1.54) is 11.8 Å². The fourth-order valence-corrected chi connectivity index (χ4v) is 3.02. The quantitative estimate of drug-likeness (QED) is 0.879. The number of nitrogens with zero attached hydrogens (tertiary/aromatic N) is 1. The number of benzene rings is 2. The molecule has 0 aliphatic carbocycles. The SMILES string of the molecule is N#CCOc1cccc(/C=C2\Sc3ccccc3NC2=O)c1. The molecule has 0 aromatic heterocycles. The molecule has 108 valence electrons. The maximum absolute atomic E-state index is 12.1. The molecule has 1 aliphatic heterocycles. The summed E-state index contributed by atoms with van der Waals surface area (Å²) < 4.78 is 5.27. The summed E-state index contributed by atoms with van der Waals surface area (Å²) >= 11 is 1.44. The van der Waals surface area contributed by atoms with E-state index in [0.29, 0.717) is 10.7 Å². The van der Waals surface area contributed by atoms with E-state index in [1.807, 2.05) is 48.5 Å². The summed E-state index contributed by atoms with van der Waals surface area (Å²) in [5, 5.41) is 11.4. The number of nitrogens with one attached hydrogen (secondary N) is 1. The summed E-state index contributed by atoms with van der Waals surface area (Å²) in [6.07, 6.45) is 1.81. The molecule has 0 fully saturated rings. The predicted molar refractivity (Wildman–Crippen MR) is 86.5 cm³/mol. The lowest BCUT2D eigenvalue weighted by molar-refractivity contribution is -0.112. The highest BCUT2D eigenvalue weighted by atomic mass is 32.2. The number of rotatable bonds is 3. The molecular formula is C17H12N2O2S. The predicted octanol–water partition coefficient (Wildman–Crippen LogP) is 3.67. The number of hydrogen-bond donors (Lipinski definition) is 1. The molecule has 0 spiro atoms. The fraction of sp³-hybridized carbons (Fsp3) is 0.0588. The first-order chi connectivity index (χ1) is 10.8. The lowest BCUT2D eigenvalue weighted by atomic mass is 10.2. The Morgan fingerprint density at radius 2 is 2.09 bits per heavy atom. The Bertz CT molecular complexity index is 793. The highest BCUT2D eigenvalue weighted by molar-refractivity contribution is 8.04. The maximum Gasteiger partial charge on any atom is 0.262 e. The van der Waals surface area contributed by atoms with E-state index in [-0.39, 0.29) is 12.5 Å². The largest absolute Gasteiger partial charge is 0.479 e. The molecule has 5 heteroatoms. The van der Waals surface area contributed by atoms with Crippen LogP contribution in [0, 0.1) is 11.3 Å². The summed E-state index contributed by atoms with van der Waals surface area (Å²) in [5.41, 5.74) is 1.69. The van der Waals surface area contributed by atoms with Gasteiger partial charge < -0.3 is 10.1 Å². The molecule has 0 saturated heterocycles. The van der Waals surface area contributed by atoms with Crippen LogP contribution in [0.4, 0.5) is 5.69 Å². The van der Waals surface area contributed by atoms with Gasteiger partial charge in [0, 0.05) is 4.90 Å². The number of fused-ring (bicyclic) bond motifs is 1. The monoisotopic (exact) mass is 308 g/mol. The Morgan fingerprint density at radius 1 is 1.23 bits per heavy atom. The minimum absolute atomic E-state index is 0.00262. The number of para-hydroxylation sites is 1. The normalized spacial score (nSPS) is 14.9. The van der Waals surface area contributed by atoms with Gasteiger partial charge in [0.25, 0.3) is 5.91 Å². The Balaban J connectivity index is 1.86. The van der Waals surface area contributed by atoms with Crippen molar-refractivity contribution < 1.29 is 9.53 Å². The fourth-order valence-electron chi connectivity index (χ4n) is 2.06. The molecule has 2 aromatic carbocycles. The number of anilines is 1. The molecule has 0 bridgehead atoms. The van der Waals surface area contributed by atoms with Gasteiger partial charge in [-0.2, -0.15) is 5.26 Å². The molecule has 4 nitrogen and oxygen atoms in total. The summed E-state index contributed by atoms with van der Waals surface area (Å²) in [6, 6.07) is 16.9. The molecule has 0 unspecified atom stereocenters. The van der Waals surface area contributed by atoms with Crippen LogP contribution in [-0.4, -0.2) is 12.5 Å². The van der Waals surface area contributed by atoms with Crippen LogP contribution in [0.15, 0.2) is 58.3 Å². The van der Waals surface area contributed by atoms with Crippen molar-refractivity contribution in [3.63, 3.8) is 0 Å². The van der Waals surface area contributed by atoms with Crippen LogP contribution in [0.3, 0.4) is 0 Å². The van der Waals surface area contributed by atoms with E-state index in [2.05, 4.69) is 5.32 Å². The Hall–Kier alpha value is -2.71. The van der Waals surface area contributed by atoms with Gasteiger partial charge in [0.05, 0.1) is 10.6 Å². The van der Waals surface area contributed by atoms with E-state index in [9.17, 15) is 4.79 Å². The first kappa shape index (κ1) is 14.2. The van der Waals surface area contributed by atoms with Crippen molar-refractivity contribution in [2.75, 3.05) is 11.9 Å². The van der Waals surface area contributed by atoms with Gasteiger partial charge in [-0.15, -0.1) is 0 Å². The zero-order valence-electron chi connectivity index (χ0n) is 11.6. The van der Waals surface area contributed by atoms with Crippen molar-refractivity contribution in [2.24, 2.45) is 0 Å². The van der Waals surface area contributed by atoms with Crippen molar-refractivity contribution >= 4 is 29.4 Å². The second-order valence-electron chi connectivity index (χ2n) is 4.58. The van der Waals surface area contributed by atoms with Gasteiger partial charge in [0.1, 0.15) is 11.8 Å². The average molecular weight is 308 g/mol. The molecule has 0 radical (unpaired) electrons. The third-order valence-electron chi connectivity index (χ3n) is 3.04. The third-order valence-corrected chi connectivity index (χ3v) is 4.14. The van der Waals surface area contributed by atoms with Crippen molar-refractivity contribution in [2.45, 2.75) is 4.90 Å². The van der Waals surface area contributed by atoms with Crippen LogP contribution in [0.2, 0.25) is 0 Å². The van der Waals surface area contributed by atoms with Gasteiger partial charge in [-0.25, -0.2) is 0 Å². The molecule has 1 amide bonds. The first-order valence-electron chi connectivity index (χ1n) is 6.66. The standard InChI is InChI=1S/C17H12N2O2S/c18-8-9-21-13-5-3-4-12(10-13)11-16-17(20)19-14-6-1-2-7-15(14)22-16/h1-7,10-11H,9H2,(H,19,20)/b16-11-. The Labute approximate surface area is 132 Å². The second-order valence-corrected chi connectivity index (χ2v) is 5.66. The van der Waals surface area contributed by atoms with Crippen LogP contribution >= 0.6 is 11.8 Å². The van der Waals surface area contributed by atoms with Gasteiger partial charge in [0.15, 0.2) is 6.61 Å². The van der Waals surface area contributed by atoms with Gasteiger partial charge in [-0.1, -0.05) is 36.0 Å². The highest BCUT2D eigenvalue weighted by Crippen LogP contribution is 2.38. The third kappa shape index (κ3) is 3.13. The highest BCUT2D eigenvalue weighted by Gasteiger charge is 2.20.